The highest BCUT2D eigenvalue weighted by molar-refractivity contribution is 9.10. The van der Waals surface area contributed by atoms with Gasteiger partial charge in [0.25, 0.3) is 0 Å². The average Bonchev–Trinajstić information content (AvgIpc) is 2.08. The van der Waals surface area contributed by atoms with Crippen LogP contribution in [-0.4, -0.2) is 0 Å². The van der Waals surface area contributed by atoms with Crippen molar-refractivity contribution >= 4 is 15.9 Å². The van der Waals surface area contributed by atoms with Crippen molar-refractivity contribution in [3.63, 3.8) is 0 Å². The molecular weight excluding hydrogens is 219 g/mol. The molecule has 1 aromatic rings. The molecule has 0 bridgehead atoms. The van der Waals surface area contributed by atoms with E-state index in [9.17, 15) is 4.39 Å². The third-order valence-corrected chi connectivity index (χ3v) is 2.30. The Labute approximate surface area is 79.9 Å². The smallest absolute Gasteiger partial charge is 0.137 e. The maximum Gasteiger partial charge on any atom is 0.137 e. The fraction of sp³-hybridized carbons (Fsp3) is 0.200. The van der Waals surface area contributed by atoms with E-state index < -0.39 is 0 Å². The highest BCUT2D eigenvalue weighted by Gasteiger charge is 2.04. The molecular formula is C10H8BrF. The van der Waals surface area contributed by atoms with E-state index in [0.717, 1.165) is 5.56 Å². The van der Waals surface area contributed by atoms with Crippen LogP contribution < -0.4 is 0 Å². The van der Waals surface area contributed by atoms with E-state index >= 15 is 0 Å². The summed E-state index contributed by atoms with van der Waals surface area (Å²) in [6, 6.07) is 4.82. The Kier molecular flexibility index (Phi) is 2.88. The summed E-state index contributed by atoms with van der Waals surface area (Å²) >= 11 is 3.10. The number of hydrogen-bond donors (Lipinski definition) is 0. The first-order valence-electron chi connectivity index (χ1n) is 3.56. The molecule has 12 heavy (non-hydrogen) atoms. The molecule has 0 saturated carbocycles. The summed E-state index contributed by atoms with van der Waals surface area (Å²) in [6.07, 6.45) is 5.23. The van der Waals surface area contributed by atoms with Gasteiger partial charge in [-0.1, -0.05) is 12.0 Å². The van der Waals surface area contributed by atoms with E-state index in [-0.39, 0.29) is 11.7 Å². The fourth-order valence-electron chi connectivity index (χ4n) is 0.878. The monoisotopic (exact) mass is 226 g/mol. The van der Waals surface area contributed by atoms with Gasteiger partial charge < -0.3 is 0 Å². The first-order valence-corrected chi connectivity index (χ1v) is 4.35. The summed E-state index contributed by atoms with van der Waals surface area (Å²) in [5.74, 6) is 2.35. The molecule has 1 unspecified atom stereocenters. The molecule has 0 aliphatic rings. The van der Waals surface area contributed by atoms with Crippen molar-refractivity contribution in [3.8, 4) is 12.3 Å². The lowest BCUT2D eigenvalue weighted by molar-refractivity contribution is 0.620. The number of rotatable bonds is 1. The third kappa shape index (κ3) is 1.86. The highest BCUT2D eigenvalue weighted by atomic mass is 79.9. The zero-order valence-corrected chi connectivity index (χ0v) is 8.23. The van der Waals surface area contributed by atoms with E-state index in [4.69, 9.17) is 6.42 Å². The van der Waals surface area contributed by atoms with Crippen LogP contribution in [-0.2, 0) is 0 Å². The zero-order chi connectivity index (χ0) is 9.14. The summed E-state index contributed by atoms with van der Waals surface area (Å²) in [6.45, 7) is 1.90. The standard InChI is InChI=1S/C10H8BrF/c1-3-7(2)8-4-5-10(12)9(11)6-8/h1,4-7H,2H3. The van der Waals surface area contributed by atoms with Gasteiger partial charge in [0.1, 0.15) is 5.82 Å². The molecule has 2 heteroatoms. The molecule has 0 nitrogen and oxygen atoms in total. The number of terminal acetylenes is 1. The van der Waals surface area contributed by atoms with Crippen molar-refractivity contribution in [1.82, 2.24) is 0 Å². The van der Waals surface area contributed by atoms with Crippen molar-refractivity contribution in [2.45, 2.75) is 12.8 Å². The maximum atomic E-state index is 12.8. The van der Waals surface area contributed by atoms with Gasteiger partial charge in [-0.3, -0.25) is 0 Å². The van der Waals surface area contributed by atoms with Gasteiger partial charge >= 0.3 is 0 Å². The largest absolute Gasteiger partial charge is 0.206 e. The summed E-state index contributed by atoms with van der Waals surface area (Å²) in [5, 5.41) is 0. The molecule has 0 aromatic heterocycles. The Hall–Kier alpha value is -0.810. The molecule has 1 rings (SSSR count). The van der Waals surface area contributed by atoms with Crippen molar-refractivity contribution in [2.24, 2.45) is 0 Å². The Morgan fingerprint density at radius 1 is 1.58 bits per heavy atom. The van der Waals surface area contributed by atoms with Gasteiger partial charge in [0.2, 0.25) is 0 Å². The van der Waals surface area contributed by atoms with Gasteiger partial charge in [-0.25, -0.2) is 4.39 Å². The summed E-state index contributed by atoms with van der Waals surface area (Å²) in [5.41, 5.74) is 0.950. The number of hydrogen-bond acceptors (Lipinski definition) is 0. The normalized spacial score (nSPS) is 12.2. The van der Waals surface area contributed by atoms with E-state index in [2.05, 4.69) is 21.9 Å². The molecule has 1 atom stereocenters. The fourth-order valence-corrected chi connectivity index (χ4v) is 1.27. The Bertz CT molecular complexity index is 325. The molecule has 0 spiro atoms. The minimum absolute atomic E-state index is 0.0295. The second-order valence-corrected chi connectivity index (χ2v) is 3.42. The van der Waals surface area contributed by atoms with Gasteiger partial charge in [-0.2, -0.15) is 0 Å². The SMILES string of the molecule is C#CC(C)c1ccc(F)c(Br)c1. The van der Waals surface area contributed by atoms with Gasteiger partial charge in [0.15, 0.2) is 0 Å². The van der Waals surface area contributed by atoms with Crippen LogP contribution in [0.5, 0.6) is 0 Å². The van der Waals surface area contributed by atoms with Crippen LogP contribution in [0.25, 0.3) is 0 Å². The van der Waals surface area contributed by atoms with Crippen LogP contribution in [0.3, 0.4) is 0 Å². The first kappa shape index (κ1) is 9.28. The molecule has 0 saturated heterocycles. The minimum Gasteiger partial charge on any atom is -0.206 e. The quantitative estimate of drug-likeness (QED) is 0.645. The lowest BCUT2D eigenvalue weighted by Crippen LogP contribution is -1.90. The summed E-state index contributed by atoms with van der Waals surface area (Å²) in [4.78, 5) is 0. The predicted molar refractivity (Wildman–Crippen MR) is 51.3 cm³/mol. The van der Waals surface area contributed by atoms with Crippen molar-refractivity contribution in [1.29, 1.82) is 0 Å². The van der Waals surface area contributed by atoms with Gasteiger partial charge in [-0.05, 0) is 40.5 Å². The second-order valence-electron chi connectivity index (χ2n) is 2.56. The lowest BCUT2D eigenvalue weighted by atomic mass is 10.0. The van der Waals surface area contributed by atoms with E-state index in [1.54, 1.807) is 12.1 Å². The zero-order valence-electron chi connectivity index (χ0n) is 6.64. The topological polar surface area (TPSA) is 0 Å². The van der Waals surface area contributed by atoms with E-state index in [1.807, 2.05) is 6.92 Å². The molecule has 0 fully saturated rings. The molecule has 0 amide bonds. The van der Waals surface area contributed by atoms with E-state index in [1.165, 1.54) is 6.07 Å². The van der Waals surface area contributed by atoms with Crippen molar-refractivity contribution in [3.05, 3.63) is 34.1 Å². The lowest BCUT2D eigenvalue weighted by Gasteiger charge is -2.04. The average molecular weight is 227 g/mol. The molecule has 0 aliphatic carbocycles. The summed E-state index contributed by atoms with van der Waals surface area (Å²) < 4.78 is 13.2. The Balaban J connectivity index is 3.06. The van der Waals surface area contributed by atoms with Crippen LogP contribution in [0.4, 0.5) is 4.39 Å². The molecule has 1 aromatic carbocycles. The van der Waals surface area contributed by atoms with Crippen LogP contribution >= 0.6 is 15.9 Å². The molecule has 0 radical (unpaired) electrons. The predicted octanol–water partition coefficient (Wildman–Crippen LogP) is 3.32. The molecule has 0 N–H and O–H groups in total. The van der Waals surface area contributed by atoms with Crippen LogP contribution in [0.15, 0.2) is 22.7 Å². The van der Waals surface area contributed by atoms with Gasteiger partial charge in [-0.15, -0.1) is 6.42 Å². The molecule has 0 aliphatic heterocycles. The maximum absolute atomic E-state index is 12.8. The first-order chi connectivity index (χ1) is 5.65. The van der Waals surface area contributed by atoms with Crippen LogP contribution in [0, 0.1) is 18.2 Å². The van der Waals surface area contributed by atoms with Gasteiger partial charge in [0.05, 0.1) is 4.47 Å². The van der Waals surface area contributed by atoms with E-state index in [0.29, 0.717) is 4.47 Å². The Morgan fingerprint density at radius 3 is 2.75 bits per heavy atom. The molecule has 62 valence electrons. The van der Waals surface area contributed by atoms with Crippen LogP contribution in [0.2, 0.25) is 0 Å². The Morgan fingerprint density at radius 2 is 2.25 bits per heavy atom. The number of halogens is 2. The highest BCUT2D eigenvalue weighted by Crippen LogP contribution is 2.21. The van der Waals surface area contributed by atoms with Gasteiger partial charge in [0, 0.05) is 5.92 Å². The third-order valence-electron chi connectivity index (χ3n) is 1.69. The van der Waals surface area contributed by atoms with Crippen molar-refractivity contribution < 1.29 is 4.39 Å². The molecule has 0 heterocycles. The second kappa shape index (κ2) is 3.73. The number of benzene rings is 1. The van der Waals surface area contributed by atoms with Crippen molar-refractivity contribution in [2.75, 3.05) is 0 Å². The van der Waals surface area contributed by atoms with Crippen LogP contribution in [0.1, 0.15) is 18.4 Å². The minimum atomic E-state index is -0.261. The summed E-state index contributed by atoms with van der Waals surface area (Å²) in [7, 11) is 0.